The number of carbonyl (C=O) groups is 3. The van der Waals surface area contributed by atoms with E-state index in [-0.39, 0.29) is 37.6 Å². The molecule has 5 rings (SSSR count). The molecule has 3 heterocycles. The van der Waals surface area contributed by atoms with Crippen molar-refractivity contribution in [1.29, 1.82) is 5.26 Å². The highest BCUT2D eigenvalue weighted by Gasteiger charge is 2.50. The molecule has 0 radical (unpaired) electrons. The Bertz CT molecular complexity index is 1370. The number of fused-ring (bicyclic) bond motifs is 2. The number of nitrogens with zero attached hydrogens (tertiary/aromatic N) is 3. The van der Waals surface area contributed by atoms with Gasteiger partial charge in [0.25, 0.3) is 5.91 Å². The number of rotatable bonds is 5. The number of carboxylic acid groups (broad SMARTS) is 1. The van der Waals surface area contributed by atoms with Crippen LogP contribution in [0.1, 0.15) is 30.4 Å². The molecule has 3 N–H and O–H groups in total. The van der Waals surface area contributed by atoms with Crippen LogP contribution in [0.25, 0.3) is 11.1 Å². The molecule has 2 aromatic rings. The fourth-order valence-corrected chi connectivity index (χ4v) is 5.94. The number of nitrogens with one attached hydrogen (secondary N) is 2. The lowest BCUT2D eigenvalue weighted by Crippen LogP contribution is -2.47. The number of hydrogen-bond donors (Lipinski definition) is 3. The molecular weight excluding hydrogens is 517 g/mol. The molecule has 40 heavy (non-hydrogen) atoms. The zero-order chi connectivity index (χ0) is 28.4. The second-order valence-electron chi connectivity index (χ2n) is 10.6. The maximum Gasteiger partial charge on any atom is 0.407 e. The molecule has 0 bridgehead atoms. The van der Waals surface area contributed by atoms with Crippen molar-refractivity contribution >= 4 is 23.6 Å². The van der Waals surface area contributed by atoms with Crippen molar-refractivity contribution in [1.82, 2.24) is 15.5 Å². The number of likely N-dealkylation sites (N-methyl/N-ethyl adjacent to an activating group) is 1. The van der Waals surface area contributed by atoms with Crippen molar-refractivity contribution in [3.8, 4) is 17.2 Å². The highest BCUT2D eigenvalue weighted by atomic mass is 19.1. The van der Waals surface area contributed by atoms with Crippen LogP contribution < -0.4 is 15.5 Å². The molecule has 11 heteroatoms. The summed E-state index contributed by atoms with van der Waals surface area (Å²) in [6, 6.07) is 11.5. The van der Waals surface area contributed by atoms with E-state index in [1.807, 2.05) is 24.3 Å². The van der Waals surface area contributed by atoms with Crippen molar-refractivity contribution in [2.75, 3.05) is 44.7 Å². The van der Waals surface area contributed by atoms with Gasteiger partial charge in [0.15, 0.2) is 6.10 Å². The van der Waals surface area contributed by atoms with Crippen molar-refractivity contribution in [2.24, 2.45) is 0 Å². The highest BCUT2D eigenvalue weighted by Crippen LogP contribution is 2.47. The van der Waals surface area contributed by atoms with E-state index in [0.717, 1.165) is 34.8 Å². The molecule has 3 aliphatic rings. The molecule has 0 saturated carbocycles. The van der Waals surface area contributed by atoms with Crippen LogP contribution >= 0.6 is 0 Å². The quantitative estimate of drug-likeness (QED) is 0.521. The van der Waals surface area contributed by atoms with Crippen molar-refractivity contribution in [3.05, 3.63) is 53.3 Å². The highest BCUT2D eigenvalue weighted by molar-refractivity contribution is 6.08. The smallest absolute Gasteiger partial charge is 0.407 e. The van der Waals surface area contributed by atoms with Gasteiger partial charge in [-0.25, -0.2) is 9.18 Å². The second-order valence-corrected chi connectivity index (χ2v) is 10.6. The summed E-state index contributed by atoms with van der Waals surface area (Å²) >= 11 is 0. The lowest BCUT2D eigenvalue weighted by atomic mass is 9.73. The summed E-state index contributed by atoms with van der Waals surface area (Å²) < 4.78 is 20.8. The molecular formula is C29H32FN5O5. The molecule has 2 saturated heterocycles. The minimum atomic E-state index is -1.14. The first-order valence-corrected chi connectivity index (χ1v) is 13.4. The lowest BCUT2D eigenvalue weighted by molar-refractivity contribution is -0.133. The molecule has 3 amide bonds. The summed E-state index contributed by atoms with van der Waals surface area (Å²) in [5.41, 5.74) is 2.99. The lowest BCUT2D eigenvalue weighted by Gasteiger charge is -2.32. The first-order chi connectivity index (χ1) is 19.2. The largest absolute Gasteiger partial charge is 0.465 e. The minimum Gasteiger partial charge on any atom is -0.465 e. The standard InChI is InChI=1S/C29H32FN5O5/c1-34-24-6-5-18(14-22(24)29(27(34)37)7-9-32-10-8-29)19-3-4-20(23(30)15-19)13-21(16-31)33-26(36)25-17-35(28(38)39)11-2-12-40-25/h3-6,14-15,21,25,32H,2,7-13,17H2,1H3,(H,33,36)(H,38,39)/t21?,25-/m0/s1. The second kappa shape index (κ2) is 11.2. The first kappa shape index (κ1) is 27.6. The van der Waals surface area contributed by atoms with Crippen LogP contribution in [0.2, 0.25) is 0 Å². The number of nitriles is 1. The number of carbonyl (C=O) groups excluding carboxylic acids is 2. The van der Waals surface area contributed by atoms with Crippen molar-refractivity contribution < 1.29 is 28.6 Å². The van der Waals surface area contributed by atoms with Crippen LogP contribution in [-0.4, -0.2) is 79.9 Å². The normalized spacial score (nSPS) is 20.9. The van der Waals surface area contributed by atoms with Crippen LogP contribution in [0.4, 0.5) is 14.9 Å². The Morgan fingerprint density at radius 1 is 1.25 bits per heavy atom. The van der Waals surface area contributed by atoms with Crippen LogP contribution in [0.5, 0.6) is 0 Å². The van der Waals surface area contributed by atoms with Gasteiger partial charge in [-0.2, -0.15) is 5.26 Å². The van der Waals surface area contributed by atoms with Crippen LogP contribution in [0.3, 0.4) is 0 Å². The monoisotopic (exact) mass is 549 g/mol. The van der Waals surface area contributed by atoms with Gasteiger partial charge in [-0.3, -0.25) is 9.59 Å². The number of hydrogen-bond acceptors (Lipinski definition) is 6. The van der Waals surface area contributed by atoms with E-state index in [0.29, 0.717) is 24.8 Å². The Labute approximate surface area is 231 Å². The maximum absolute atomic E-state index is 15.3. The van der Waals surface area contributed by atoms with Crippen LogP contribution in [0.15, 0.2) is 36.4 Å². The fourth-order valence-electron chi connectivity index (χ4n) is 5.94. The third kappa shape index (κ3) is 5.12. The molecule has 3 aliphatic heterocycles. The average molecular weight is 550 g/mol. The fraction of sp³-hybridized carbons (Fsp3) is 0.448. The third-order valence-corrected chi connectivity index (χ3v) is 8.17. The van der Waals surface area contributed by atoms with Gasteiger partial charge in [0, 0.05) is 32.3 Å². The Morgan fingerprint density at radius 2 is 1.98 bits per heavy atom. The number of amides is 3. The van der Waals surface area contributed by atoms with Crippen molar-refractivity contribution in [3.63, 3.8) is 0 Å². The van der Waals surface area contributed by atoms with Gasteiger partial charge in [0.05, 0.1) is 18.0 Å². The number of anilines is 1. The minimum absolute atomic E-state index is 0.0662. The predicted octanol–water partition coefficient (Wildman–Crippen LogP) is 2.41. The number of ether oxygens (including phenoxy) is 1. The van der Waals surface area contributed by atoms with Crippen LogP contribution in [0, 0.1) is 17.1 Å². The Hall–Kier alpha value is -4.01. The summed E-state index contributed by atoms with van der Waals surface area (Å²) in [6.07, 6.45) is -0.373. The third-order valence-electron chi connectivity index (χ3n) is 8.17. The van der Waals surface area contributed by atoms with E-state index in [1.54, 1.807) is 24.1 Å². The molecule has 0 aromatic heterocycles. The summed E-state index contributed by atoms with van der Waals surface area (Å²) in [6.45, 7) is 1.86. The van der Waals surface area contributed by atoms with E-state index >= 15 is 4.39 Å². The summed E-state index contributed by atoms with van der Waals surface area (Å²) in [4.78, 5) is 40.1. The number of benzene rings is 2. The Balaban J connectivity index is 1.31. The molecule has 210 valence electrons. The van der Waals surface area contributed by atoms with Gasteiger partial charge in [-0.1, -0.05) is 18.2 Å². The summed E-state index contributed by atoms with van der Waals surface area (Å²) in [5, 5.41) is 24.8. The average Bonchev–Trinajstić information content (AvgIpc) is 3.14. The molecule has 0 aliphatic carbocycles. The molecule has 2 fully saturated rings. The van der Waals surface area contributed by atoms with Gasteiger partial charge in [0.1, 0.15) is 11.9 Å². The first-order valence-electron chi connectivity index (χ1n) is 13.4. The van der Waals surface area contributed by atoms with E-state index < -0.39 is 35.4 Å². The molecule has 2 atom stereocenters. The zero-order valence-corrected chi connectivity index (χ0v) is 22.3. The predicted molar refractivity (Wildman–Crippen MR) is 144 cm³/mol. The topological polar surface area (TPSA) is 135 Å². The van der Waals surface area contributed by atoms with E-state index in [1.165, 1.54) is 6.07 Å². The molecule has 1 unspecified atom stereocenters. The SMILES string of the molecule is CN1C(=O)C2(CCNCC2)c2cc(-c3ccc(CC(C#N)NC(=O)[C@@H]4CN(C(=O)O)CCCO4)c(F)c3)ccc21. The van der Waals surface area contributed by atoms with E-state index in [2.05, 4.69) is 10.6 Å². The van der Waals surface area contributed by atoms with Gasteiger partial charge in [-0.15, -0.1) is 0 Å². The summed E-state index contributed by atoms with van der Waals surface area (Å²) in [7, 11) is 1.79. The molecule has 1 spiro atoms. The number of halogens is 1. The van der Waals surface area contributed by atoms with Crippen molar-refractivity contribution in [2.45, 2.75) is 43.2 Å². The Kier molecular flexibility index (Phi) is 7.74. The zero-order valence-electron chi connectivity index (χ0n) is 22.3. The van der Waals surface area contributed by atoms with Gasteiger partial charge in [0.2, 0.25) is 5.91 Å². The number of piperidine rings is 1. The van der Waals surface area contributed by atoms with Crippen LogP contribution in [-0.2, 0) is 26.2 Å². The van der Waals surface area contributed by atoms with E-state index in [4.69, 9.17) is 4.74 Å². The maximum atomic E-state index is 15.3. The van der Waals surface area contributed by atoms with Gasteiger partial charge in [-0.05, 0) is 72.8 Å². The Morgan fingerprint density at radius 3 is 2.67 bits per heavy atom. The van der Waals surface area contributed by atoms with E-state index in [9.17, 15) is 24.8 Å². The van der Waals surface area contributed by atoms with Gasteiger partial charge < -0.3 is 30.3 Å². The summed E-state index contributed by atoms with van der Waals surface area (Å²) in [5.74, 6) is -1.03. The van der Waals surface area contributed by atoms with Gasteiger partial charge >= 0.3 is 6.09 Å². The molecule has 10 nitrogen and oxygen atoms in total. The molecule has 2 aromatic carbocycles.